The first-order valence-electron chi connectivity index (χ1n) is 9.50. The summed E-state index contributed by atoms with van der Waals surface area (Å²) in [5.74, 6) is 0.0209. The Bertz CT molecular complexity index is 700. The Kier molecular flexibility index (Phi) is 3.97. The molecule has 2 aliphatic heterocycles. The number of fused-ring (bicyclic) bond motifs is 2. The van der Waals surface area contributed by atoms with Gasteiger partial charge in [0.25, 0.3) is 0 Å². The van der Waals surface area contributed by atoms with Crippen LogP contribution in [-0.2, 0) is 9.59 Å². The molecule has 0 aromatic heterocycles. The summed E-state index contributed by atoms with van der Waals surface area (Å²) in [6.45, 7) is 5.18. The summed E-state index contributed by atoms with van der Waals surface area (Å²) in [6, 6.07) is 7.92. The molecule has 0 radical (unpaired) electrons. The van der Waals surface area contributed by atoms with E-state index in [9.17, 15) is 9.59 Å². The van der Waals surface area contributed by atoms with Gasteiger partial charge in [-0.25, -0.2) is 0 Å². The summed E-state index contributed by atoms with van der Waals surface area (Å²) in [4.78, 5) is 28.0. The van der Waals surface area contributed by atoms with E-state index in [1.165, 1.54) is 0 Å². The van der Waals surface area contributed by atoms with Crippen molar-refractivity contribution < 1.29 is 14.3 Å². The second-order valence-corrected chi connectivity index (χ2v) is 7.38. The Balaban J connectivity index is 1.83. The van der Waals surface area contributed by atoms with E-state index in [1.807, 2.05) is 38.1 Å². The smallest absolute Gasteiger partial charge is 0.236 e. The maximum atomic E-state index is 13.2. The fraction of sp³-hybridized carbons (Fsp3) is 0.600. The Morgan fingerprint density at radius 2 is 2.04 bits per heavy atom. The van der Waals surface area contributed by atoms with Crippen LogP contribution >= 0.6 is 0 Å². The van der Waals surface area contributed by atoms with Crippen molar-refractivity contribution in [1.82, 2.24) is 10.2 Å². The van der Waals surface area contributed by atoms with Gasteiger partial charge in [0.2, 0.25) is 11.8 Å². The molecule has 1 saturated carbocycles. The zero-order chi connectivity index (χ0) is 17.6. The van der Waals surface area contributed by atoms with E-state index >= 15 is 0 Å². The molecule has 3 aliphatic rings. The number of nitrogens with zero attached hydrogens (tertiary/aromatic N) is 1. The lowest BCUT2D eigenvalue weighted by atomic mass is 9.62. The highest BCUT2D eigenvalue weighted by atomic mass is 16.5. The van der Waals surface area contributed by atoms with Gasteiger partial charge >= 0.3 is 0 Å². The molecule has 25 heavy (non-hydrogen) atoms. The largest absolute Gasteiger partial charge is 0.467 e. The van der Waals surface area contributed by atoms with Gasteiger partial charge in [-0.3, -0.25) is 9.59 Å². The van der Waals surface area contributed by atoms with E-state index in [2.05, 4.69) is 5.32 Å². The number of hydrogen-bond acceptors (Lipinski definition) is 3. The number of hydrogen-bond donors (Lipinski definition) is 1. The topological polar surface area (TPSA) is 58.6 Å². The van der Waals surface area contributed by atoms with E-state index < -0.39 is 11.6 Å². The first-order valence-corrected chi connectivity index (χ1v) is 9.50. The number of nitrogens with one attached hydrogen (secondary N) is 1. The molecule has 1 aromatic carbocycles. The van der Waals surface area contributed by atoms with Crippen molar-refractivity contribution in [3.05, 3.63) is 29.8 Å². The summed E-state index contributed by atoms with van der Waals surface area (Å²) in [5, 5.41) is 3.13. The molecular formula is C20H26N2O3. The number of para-hydroxylation sites is 1. The standard InChI is InChI=1S/C20H26N2O3/c1-3-22(4-2)19(24)17-16-13-9-5-6-11-15(13)25-20(21-18(17)23)12-8-7-10-14(16)20/h5-6,9,11,14,16-17H,3-4,7-8,10,12H2,1-2H3,(H,21,23)/t14-,16+,17-,20-/m0/s1. The highest BCUT2D eigenvalue weighted by Gasteiger charge is 2.60. The SMILES string of the molecule is CCN(CC)C(=O)[C@@H]1C(=O)N[C@]23CCCC[C@H]2[C@H]1c1ccccc1O3. The van der Waals surface area contributed by atoms with Crippen molar-refractivity contribution in [2.45, 2.75) is 51.2 Å². The molecular weight excluding hydrogens is 316 g/mol. The number of benzene rings is 1. The quantitative estimate of drug-likeness (QED) is 0.859. The van der Waals surface area contributed by atoms with Crippen molar-refractivity contribution in [3.8, 4) is 5.75 Å². The second-order valence-electron chi connectivity index (χ2n) is 7.38. The molecule has 2 amide bonds. The summed E-state index contributed by atoms with van der Waals surface area (Å²) in [7, 11) is 0. The molecule has 2 heterocycles. The third kappa shape index (κ3) is 2.35. The van der Waals surface area contributed by atoms with Crippen LogP contribution in [0.4, 0.5) is 0 Å². The van der Waals surface area contributed by atoms with Crippen LogP contribution in [0.3, 0.4) is 0 Å². The minimum Gasteiger partial charge on any atom is -0.467 e. The highest BCUT2D eigenvalue weighted by molar-refractivity contribution is 6.02. The highest BCUT2D eigenvalue weighted by Crippen LogP contribution is 2.55. The van der Waals surface area contributed by atoms with Crippen molar-refractivity contribution in [2.24, 2.45) is 11.8 Å². The van der Waals surface area contributed by atoms with Crippen LogP contribution in [0.25, 0.3) is 0 Å². The molecule has 0 spiro atoms. The lowest BCUT2D eigenvalue weighted by Gasteiger charge is -2.56. The second kappa shape index (κ2) is 6.04. The van der Waals surface area contributed by atoms with Crippen molar-refractivity contribution >= 4 is 11.8 Å². The number of carbonyl (C=O) groups excluding carboxylic acids is 2. The van der Waals surface area contributed by atoms with Crippen LogP contribution in [0.1, 0.15) is 51.0 Å². The number of rotatable bonds is 3. The lowest BCUT2D eigenvalue weighted by Crippen LogP contribution is -2.70. The summed E-state index contributed by atoms with van der Waals surface area (Å²) >= 11 is 0. The minimum absolute atomic E-state index is 0.0524. The number of carbonyl (C=O) groups is 2. The van der Waals surface area contributed by atoms with Crippen LogP contribution in [0, 0.1) is 11.8 Å². The van der Waals surface area contributed by atoms with Crippen molar-refractivity contribution in [2.75, 3.05) is 13.1 Å². The van der Waals surface area contributed by atoms with Gasteiger partial charge in [-0.1, -0.05) is 24.6 Å². The average Bonchev–Trinajstić information content (AvgIpc) is 2.61. The number of amides is 2. The average molecular weight is 342 g/mol. The maximum Gasteiger partial charge on any atom is 0.236 e. The van der Waals surface area contributed by atoms with Crippen LogP contribution in [0.15, 0.2) is 24.3 Å². The van der Waals surface area contributed by atoms with Gasteiger partial charge < -0.3 is 15.0 Å². The summed E-state index contributed by atoms with van der Waals surface area (Å²) in [6.07, 6.45) is 3.97. The zero-order valence-corrected chi connectivity index (χ0v) is 15.0. The summed E-state index contributed by atoms with van der Waals surface area (Å²) < 4.78 is 6.35. The Hall–Kier alpha value is -2.04. The predicted molar refractivity (Wildman–Crippen MR) is 94.1 cm³/mol. The lowest BCUT2D eigenvalue weighted by molar-refractivity contribution is -0.165. The molecule has 134 valence electrons. The predicted octanol–water partition coefficient (Wildman–Crippen LogP) is 2.66. The molecule has 2 bridgehead atoms. The molecule has 1 saturated heterocycles. The van der Waals surface area contributed by atoms with Crippen molar-refractivity contribution in [3.63, 3.8) is 0 Å². The fourth-order valence-corrected chi connectivity index (χ4v) is 5.07. The van der Waals surface area contributed by atoms with Crippen LogP contribution in [-0.4, -0.2) is 35.5 Å². The molecule has 4 atom stereocenters. The molecule has 0 unspecified atom stereocenters. The van der Waals surface area contributed by atoms with E-state index in [0.717, 1.165) is 37.0 Å². The van der Waals surface area contributed by atoms with Gasteiger partial charge in [-0.2, -0.15) is 0 Å². The summed E-state index contributed by atoms with van der Waals surface area (Å²) in [5.41, 5.74) is 0.388. The zero-order valence-electron chi connectivity index (χ0n) is 15.0. The van der Waals surface area contributed by atoms with Gasteiger partial charge in [-0.15, -0.1) is 0 Å². The molecule has 5 nitrogen and oxygen atoms in total. The van der Waals surface area contributed by atoms with Gasteiger partial charge in [0.05, 0.1) is 0 Å². The normalized spacial score (nSPS) is 32.7. The number of ether oxygens (including phenoxy) is 1. The monoisotopic (exact) mass is 342 g/mol. The molecule has 5 heteroatoms. The fourth-order valence-electron chi connectivity index (χ4n) is 5.07. The molecule has 1 aromatic rings. The first-order chi connectivity index (χ1) is 12.1. The molecule has 4 rings (SSSR count). The van der Waals surface area contributed by atoms with Crippen molar-refractivity contribution in [1.29, 1.82) is 0 Å². The van der Waals surface area contributed by atoms with Crippen LogP contribution < -0.4 is 10.1 Å². The Labute approximate surface area is 148 Å². The Morgan fingerprint density at radius 3 is 2.80 bits per heavy atom. The van der Waals surface area contributed by atoms with Gasteiger partial charge in [-0.05, 0) is 38.3 Å². The van der Waals surface area contributed by atoms with E-state index in [1.54, 1.807) is 4.90 Å². The van der Waals surface area contributed by atoms with Crippen LogP contribution in [0.5, 0.6) is 5.75 Å². The van der Waals surface area contributed by atoms with Gasteiger partial charge in [0.1, 0.15) is 11.7 Å². The van der Waals surface area contributed by atoms with Gasteiger partial charge in [0, 0.05) is 31.3 Å². The number of piperidine rings is 1. The molecule has 1 N–H and O–H groups in total. The van der Waals surface area contributed by atoms with Gasteiger partial charge in [0.15, 0.2) is 5.72 Å². The Morgan fingerprint density at radius 1 is 1.28 bits per heavy atom. The van der Waals surface area contributed by atoms with E-state index in [-0.39, 0.29) is 23.7 Å². The van der Waals surface area contributed by atoms with E-state index in [4.69, 9.17) is 4.74 Å². The third-order valence-corrected chi connectivity index (χ3v) is 6.23. The van der Waals surface area contributed by atoms with Crippen LogP contribution in [0.2, 0.25) is 0 Å². The molecule has 1 aliphatic carbocycles. The maximum absolute atomic E-state index is 13.2. The molecule has 2 fully saturated rings. The van der Waals surface area contributed by atoms with E-state index in [0.29, 0.717) is 13.1 Å². The third-order valence-electron chi connectivity index (χ3n) is 6.23. The first kappa shape index (κ1) is 16.4. The minimum atomic E-state index is -0.652.